The quantitative estimate of drug-likeness (QED) is 0.898. The molecule has 3 heterocycles. The van der Waals surface area contributed by atoms with Crippen molar-refractivity contribution >= 4 is 5.82 Å². The van der Waals surface area contributed by atoms with Crippen molar-refractivity contribution in [2.75, 3.05) is 37.6 Å². The molecule has 1 saturated carbocycles. The summed E-state index contributed by atoms with van der Waals surface area (Å²) in [6.45, 7) is 6.17. The molecule has 3 fully saturated rings. The van der Waals surface area contributed by atoms with Crippen molar-refractivity contribution in [2.45, 2.75) is 57.0 Å². The van der Waals surface area contributed by atoms with E-state index in [0.717, 1.165) is 43.4 Å². The first kappa shape index (κ1) is 16.3. The van der Waals surface area contributed by atoms with Gasteiger partial charge in [-0.3, -0.25) is 0 Å². The first-order valence-corrected chi connectivity index (χ1v) is 9.75. The van der Waals surface area contributed by atoms with E-state index in [1.54, 1.807) is 6.33 Å². The van der Waals surface area contributed by atoms with Gasteiger partial charge in [-0.1, -0.05) is 0 Å². The van der Waals surface area contributed by atoms with E-state index < -0.39 is 0 Å². The topological polar surface area (TPSA) is 52.5 Å². The number of rotatable bonds is 5. The van der Waals surface area contributed by atoms with Crippen molar-refractivity contribution in [3.63, 3.8) is 0 Å². The van der Waals surface area contributed by atoms with Gasteiger partial charge in [0.15, 0.2) is 0 Å². The third-order valence-corrected chi connectivity index (χ3v) is 6.20. The molecule has 0 bridgehead atoms. The minimum absolute atomic E-state index is 0.125. The van der Waals surface area contributed by atoms with Gasteiger partial charge in [0.1, 0.15) is 12.1 Å². The van der Waals surface area contributed by atoms with Crippen molar-refractivity contribution in [3.8, 4) is 0 Å². The van der Waals surface area contributed by atoms with Crippen molar-refractivity contribution in [3.05, 3.63) is 18.1 Å². The van der Waals surface area contributed by atoms with E-state index in [1.807, 2.05) is 0 Å². The molecule has 132 valence electrons. The van der Waals surface area contributed by atoms with E-state index in [4.69, 9.17) is 0 Å². The zero-order valence-corrected chi connectivity index (χ0v) is 14.6. The molecule has 2 aliphatic heterocycles. The Morgan fingerprint density at radius 3 is 2.50 bits per heavy atom. The van der Waals surface area contributed by atoms with Gasteiger partial charge >= 0.3 is 0 Å². The van der Waals surface area contributed by atoms with E-state index in [-0.39, 0.29) is 6.10 Å². The van der Waals surface area contributed by atoms with Crippen LogP contribution in [0.4, 0.5) is 5.82 Å². The normalized spacial score (nSPS) is 29.0. The summed E-state index contributed by atoms with van der Waals surface area (Å²) in [6, 6.07) is 2.15. The van der Waals surface area contributed by atoms with Crippen LogP contribution in [0.3, 0.4) is 0 Å². The predicted octanol–water partition coefficient (Wildman–Crippen LogP) is 2.42. The average molecular weight is 330 g/mol. The minimum atomic E-state index is -0.125. The van der Waals surface area contributed by atoms with E-state index in [0.29, 0.717) is 5.92 Å². The van der Waals surface area contributed by atoms with Gasteiger partial charge in [-0.05, 0) is 70.5 Å². The molecule has 0 radical (unpaired) electrons. The number of aliphatic hydroxyl groups is 1. The molecule has 2 saturated heterocycles. The molecular formula is C19H30N4O. The maximum absolute atomic E-state index is 9.50. The largest absolute Gasteiger partial charge is 0.393 e. The summed E-state index contributed by atoms with van der Waals surface area (Å²) in [4.78, 5) is 14.0. The Labute approximate surface area is 145 Å². The van der Waals surface area contributed by atoms with E-state index in [1.165, 1.54) is 51.7 Å². The third-order valence-electron chi connectivity index (χ3n) is 6.20. The highest BCUT2D eigenvalue weighted by Crippen LogP contribution is 2.36. The van der Waals surface area contributed by atoms with Crippen LogP contribution in [0.15, 0.2) is 12.4 Å². The summed E-state index contributed by atoms with van der Waals surface area (Å²) in [5.74, 6) is 2.39. The van der Waals surface area contributed by atoms with Crippen LogP contribution in [-0.4, -0.2) is 58.8 Å². The first-order chi connectivity index (χ1) is 11.8. The molecule has 0 spiro atoms. The molecule has 4 rings (SSSR count). The van der Waals surface area contributed by atoms with Gasteiger partial charge in [0.25, 0.3) is 0 Å². The fraction of sp³-hybridized carbons (Fsp3) is 0.789. The Hall–Kier alpha value is -1.20. The van der Waals surface area contributed by atoms with Crippen LogP contribution >= 0.6 is 0 Å². The fourth-order valence-corrected chi connectivity index (χ4v) is 4.41. The maximum Gasteiger partial charge on any atom is 0.132 e. The van der Waals surface area contributed by atoms with Gasteiger partial charge in [-0.2, -0.15) is 0 Å². The second-order valence-corrected chi connectivity index (χ2v) is 7.89. The number of piperidine rings is 1. The van der Waals surface area contributed by atoms with Gasteiger partial charge in [0.2, 0.25) is 0 Å². The van der Waals surface area contributed by atoms with Crippen molar-refractivity contribution in [2.24, 2.45) is 5.92 Å². The zero-order valence-electron chi connectivity index (χ0n) is 14.6. The standard InChI is InChI=1S/C19H30N4O/c24-17-11-16(12-17)18-13-19(21-14-20-18)23-9-4-15(5-10-23)3-8-22-6-1-2-7-22/h13-17,24H,1-12H2. The SMILES string of the molecule is OC1CC(c2cc(N3CCC(CCN4CCCC4)CC3)ncn2)C1. The molecular weight excluding hydrogens is 300 g/mol. The van der Waals surface area contributed by atoms with Crippen LogP contribution in [0, 0.1) is 5.92 Å². The fourth-order valence-electron chi connectivity index (χ4n) is 4.41. The third kappa shape index (κ3) is 3.72. The van der Waals surface area contributed by atoms with Crippen LogP contribution in [0.2, 0.25) is 0 Å². The van der Waals surface area contributed by atoms with Crippen LogP contribution in [-0.2, 0) is 0 Å². The highest BCUT2D eigenvalue weighted by molar-refractivity contribution is 5.40. The Morgan fingerprint density at radius 2 is 1.79 bits per heavy atom. The van der Waals surface area contributed by atoms with E-state index in [2.05, 4.69) is 25.8 Å². The second kappa shape index (κ2) is 7.36. The summed E-state index contributed by atoms with van der Waals surface area (Å²) in [7, 11) is 0. The van der Waals surface area contributed by atoms with Gasteiger partial charge < -0.3 is 14.9 Å². The molecule has 0 aromatic carbocycles. The highest BCUT2D eigenvalue weighted by atomic mass is 16.3. The number of hydrogen-bond acceptors (Lipinski definition) is 5. The Morgan fingerprint density at radius 1 is 1.04 bits per heavy atom. The lowest BCUT2D eigenvalue weighted by Crippen LogP contribution is -2.35. The molecule has 1 aromatic heterocycles. The van der Waals surface area contributed by atoms with Gasteiger partial charge in [0, 0.05) is 30.8 Å². The summed E-state index contributed by atoms with van der Waals surface area (Å²) in [5, 5.41) is 9.50. The lowest BCUT2D eigenvalue weighted by atomic mass is 9.80. The first-order valence-electron chi connectivity index (χ1n) is 9.75. The number of nitrogens with zero attached hydrogens (tertiary/aromatic N) is 4. The molecule has 24 heavy (non-hydrogen) atoms. The average Bonchev–Trinajstić information content (AvgIpc) is 3.11. The molecule has 0 unspecified atom stereocenters. The molecule has 5 heteroatoms. The maximum atomic E-state index is 9.50. The molecule has 3 aliphatic rings. The van der Waals surface area contributed by atoms with Crippen LogP contribution in [0.5, 0.6) is 0 Å². The van der Waals surface area contributed by atoms with Gasteiger partial charge in [0.05, 0.1) is 6.10 Å². The number of hydrogen-bond donors (Lipinski definition) is 1. The van der Waals surface area contributed by atoms with Gasteiger partial charge in [-0.25, -0.2) is 9.97 Å². The lowest BCUT2D eigenvalue weighted by Gasteiger charge is -2.34. The molecule has 1 aliphatic carbocycles. The highest BCUT2D eigenvalue weighted by Gasteiger charge is 2.30. The van der Waals surface area contributed by atoms with Crippen LogP contribution < -0.4 is 4.90 Å². The second-order valence-electron chi connectivity index (χ2n) is 7.89. The smallest absolute Gasteiger partial charge is 0.132 e. The molecule has 0 amide bonds. The van der Waals surface area contributed by atoms with Crippen molar-refractivity contribution < 1.29 is 5.11 Å². The predicted molar refractivity (Wildman–Crippen MR) is 95.2 cm³/mol. The number of anilines is 1. The van der Waals surface area contributed by atoms with Crippen LogP contribution in [0.25, 0.3) is 0 Å². The van der Waals surface area contributed by atoms with Crippen molar-refractivity contribution in [1.29, 1.82) is 0 Å². The molecule has 0 atom stereocenters. The molecule has 1 aromatic rings. The Balaban J connectivity index is 1.27. The zero-order chi connectivity index (χ0) is 16.4. The Bertz CT molecular complexity index is 532. The van der Waals surface area contributed by atoms with Gasteiger partial charge in [-0.15, -0.1) is 0 Å². The minimum Gasteiger partial charge on any atom is -0.393 e. The van der Waals surface area contributed by atoms with E-state index in [9.17, 15) is 5.11 Å². The van der Waals surface area contributed by atoms with Crippen LogP contribution in [0.1, 0.15) is 56.6 Å². The number of aliphatic hydroxyl groups excluding tert-OH is 1. The summed E-state index contributed by atoms with van der Waals surface area (Å²) in [5.41, 5.74) is 1.11. The summed E-state index contributed by atoms with van der Waals surface area (Å²) >= 11 is 0. The Kier molecular flexibility index (Phi) is 4.99. The monoisotopic (exact) mass is 330 g/mol. The summed E-state index contributed by atoms with van der Waals surface area (Å²) < 4.78 is 0. The molecule has 1 N–H and O–H groups in total. The summed E-state index contributed by atoms with van der Waals surface area (Å²) in [6.07, 6.45) is 10.0. The number of aromatic nitrogens is 2. The number of likely N-dealkylation sites (tertiary alicyclic amines) is 1. The van der Waals surface area contributed by atoms with Crippen molar-refractivity contribution in [1.82, 2.24) is 14.9 Å². The lowest BCUT2D eigenvalue weighted by molar-refractivity contribution is 0.0732. The molecule has 5 nitrogen and oxygen atoms in total. The van der Waals surface area contributed by atoms with E-state index >= 15 is 0 Å².